The van der Waals surface area contributed by atoms with Crippen LogP contribution in [0, 0.1) is 0 Å². The molecular weight excluding hydrogens is 206 g/mol. The van der Waals surface area contributed by atoms with Crippen LogP contribution in [0.4, 0.5) is 11.7 Å². The van der Waals surface area contributed by atoms with E-state index in [-0.39, 0.29) is 6.10 Å². The predicted octanol–water partition coefficient (Wildman–Crippen LogP) is 1.59. The zero-order valence-corrected chi connectivity index (χ0v) is 9.10. The monoisotopic (exact) mass is 221 g/mol. The highest BCUT2D eigenvalue weighted by Crippen LogP contribution is 2.20. The van der Waals surface area contributed by atoms with Gasteiger partial charge >= 0.3 is 0 Å². The molecule has 5 nitrogen and oxygen atoms in total. The van der Waals surface area contributed by atoms with Crippen molar-refractivity contribution in [2.75, 3.05) is 17.6 Å². The van der Waals surface area contributed by atoms with Crippen LogP contribution in [0.3, 0.4) is 0 Å². The summed E-state index contributed by atoms with van der Waals surface area (Å²) in [5, 5.41) is 12.1. The largest absolute Gasteiger partial charge is 0.423 e. The molecule has 0 saturated heterocycles. The van der Waals surface area contributed by atoms with Gasteiger partial charge in [0.15, 0.2) is 5.58 Å². The highest BCUT2D eigenvalue weighted by atomic mass is 16.4. The van der Waals surface area contributed by atoms with E-state index < -0.39 is 0 Å². The maximum absolute atomic E-state index is 9.10. The van der Waals surface area contributed by atoms with Crippen molar-refractivity contribution in [3.63, 3.8) is 0 Å². The van der Waals surface area contributed by atoms with Crippen LogP contribution in [0.25, 0.3) is 11.1 Å². The van der Waals surface area contributed by atoms with Gasteiger partial charge in [0.05, 0.1) is 6.10 Å². The maximum Gasteiger partial charge on any atom is 0.295 e. The van der Waals surface area contributed by atoms with E-state index in [4.69, 9.17) is 15.3 Å². The fraction of sp³-hybridized carbons (Fsp3) is 0.364. The lowest BCUT2D eigenvalue weighted by Gasteiger charge is -2.03. The van der Waals surface area contributed by atoms with Crippen LogP contribution in [0.15, 0.2) is 22.6 Å². The summed E-state index contributed by atoms with van der Waals surface area (Å²) in [7, 11) is 0. The molecule has 16 heavy (non-hydrogen) atoms. The molecule has 0 aliphatic heterocycles. The summed E-state index contributed by atoms with van der Waals surface area (Å²) in [4.78, 5) is 4.24. The van der Waals surface area contributed by atoms with Gasteiger partial charge in [-0.1, -0.05) is 0 Å². The number of hydrogen-bond acceptors (Lipinski definition) is 5. The van der Waals surface area contributed by atoms with Crippen LogP contribution < -0.4 is 11.1 Å². The molecule has 0 aliphatic carbocycles. The summed E-state index contributed by atoms with van der Waals surface area (Å²) in [5.41, 5.74) is 7.72. The van der Waals surface area contributed by atoms with Crippen molar-refractivity contribution in [3.05, 3.63) is 18.2 Å². The lowest BCUT2D eigenvalue weighted by Crippen LogP contribution is -2.09. The lowest BCUT2D eigenvalue weighted by molar-refractivity contribution is 0.188. The third-order valence-electron chi connectivity index (χ3n) is 2.25. The number of rotatable bonds is 4. The van der Waals surface area contributed by atoms with E-state index in [1.165, 1.54) is 0 Å². The molecule has 2 aromatic rings. The standard InChI is InChI=1S/C11H15N3O2/c1-7(15)4-5-13-11-14-9-3-2-8(12)6-10(9)16-11/h2-3,6-7,15H,4-5,12H2,1H3,(H,13,14). The normalized spacial score (nSPS) is 12.9. The zero-order chi connectivity index (χ0) is 11.5. The topological polar surface area (TPSA) is 84.3 Å². The van der Waals surface area contributed by atoms with Crippen LogP contribution in [0.5, 0.6) is 0 Å². The zero-order valence-electron chi connectivity index (χ0n) is 9.10. The molecule has 0 spiro atoms. The quantitative estimate of drug-likeness (QED) is 0.683. The number of benzene rings is 1. The molecule has 4 N–H and O–H groups in total. The molecule has 0 fully saturated rings. The molecule has 1 unspecified atom stereocenters. The van der Waals surface area contributed by atoms with E-state index in [0.29, 0.717) is 30.3 Å². The lowest BCUT2D eigenvalue weighted by atomic mass is 10.3. The summed E-state index contributed by atoms with van der Waals surface area (Å²) >= 11 is 0. The third kappa shape index (κ3) is 2.43. The van der Waals surface area contributed by atoms with Gasteiger partial charge < -0.3 is 20.6 Å². The second-order valence-electron chi connectivity index (χ2n) is 3.81. The molecule has 0 radical (unpaired) electrons. The Morgan fingerprint density at radius 2 is 2.38 bits per heavy atom. The molecule has 0 aliphatic rings. The molecule has 5 heteroatoms. The van der Waals surface area contributed by atoms with E-state index in [9.17, 15) is 0 Å². The first-order valence-electron chi connectivity index (χ1n) is 5.23. The third-order valence-corrected chi connectivity index (χ3v) is 2.25. The van der Waals surface area contributed by atoms with Crippen LogP contribution >= 0.6 is 0 Å². The highest BCUT2D eigenvalue weighted by molar-refractivity contribution is 5.77. The van der Waals surface area contributed by atoms with Gasteiger partial charge in [-0.05, 0) is 25.5 Å². The van der Waals surface area contributed by atoms with Crippen molar-refractivity contribution in [2.45, 2.75) is 19.4 Å². The van der Waals surface area contributed by atoms with Crippen LogP contribution in [-0.2, 0) is 0 Å². The van der Waals surface area contributed by atoms with Crippen LogP contribution in [0.2, 0.25) is 0 Å². The average Bonchev–Trinajstić information content (AvgIpc) is 2.58. The van der Waals surface area contributed by atoms with Gasteiger partial charge in [-0.2, -0.15) is 4.98 Å². The van der Waals surface area contributed by atoms with Crippen LogP contribution in [0.1, 0.15) is 13.3 Å². The summed E-state index contributed by atoms with van der Waals surface area (Å²) in [6, 6.07) is 5.79. The van der Waals surface area contributed by atoms with E-state index in [0.717, 1.165) is 5.52 Å². The first kappa shape index (κ1) is 10.8. The average molecular weight is 221 g/mol. The Bertz CT molecular complexity index is 479. The van der Waals surface area contributed by atoms with E-state index >= 15 is 0 Å². The number of nitrogens with two attached hydrogens (primary N) is 1. The van der Waals surface area contributed by atoms with Crippen molar-refractivity contribution in [3.8, 4) is 0 Å². The van der Waals surface area contributed by atoms with Gasteiger partial charge in [-0.3, -0.25) is 0 Å². The minimum absolute atomic E-state index is 0.326. The second kappa shape index (κ2) is 4.40. The van der Waals surface area contributed by atoms with Crippen molar-refractivity contribution < 1.29 is 9.52 Å². The van der Waals surface area contributed by atoms with E-state index in [2.05, 4.69) is 10.3 Å². The maximum atomic E-state index is 9.10. The molecular formula is C11H15N3O2. The molecule has 2 rings (SSSR count). The fourth-order valence-corrected chi connectivity index (χ4v) is 1.40. The Hall–Kier alpha value is -1.75. The Labute approximate surface area is 93.3 Å². The SMILES string of the molecule is CC(O)CCNc1nc2ccc(N)cc2o1. The molecule has 86 valence electrons. The second-order valence-corrected chi connectivity index (χ2v) is 3.81. The fourth-order valence-electron chi connectivity index (χ4n) is 1.40. The highest BCUT2D eigenvalue weighted by Gasteiger charge is 2.05. The molecule has 0 bridgehead atoms. The number of nitrogens with zero attached hydrogens (tertiary/aromatic N) is 1. The molecule has 1 aromatic heterocycles. The van der Waals surface area contributed by atoms with Gasteiger partial charge in [0, 0.05) is 18.3 Å². The van der Waals surface area contributed by atoms with Crippen molar-refractivity contribution in [1.29, 1.82) is 0 Å². The Kier molecular flexibility index (Phi) is 2.96. The summed E-state index contributed by atoms with van der Waals surface area (Å²) in [5.74, 6) is 0. The van der Waals surface area contributed by atoms with Crippen molar-refractivity contribution in [1.82, 2.24) is 4.98 Å². The van der Waals surface area contributed by atoms with Gasteiger partial charge in [-0.25, -0.2) is 0 Å². The minimum atomic E-state index is -0.326. The number of hydrogen-bond donors (Lipinski definition) is 3. The van der Waals surface area contributed by atoms with Gasteiger partial charge in [-0.15, -0.1) is 0 Å². The van der Waals surface area contributed by atoms with E-state index in [1.54, 1.807) is 19.1 Å². The molecule has 1 atom stereocenters. The van der Waals surface area contributed by atoms with Gasteiger partial charge in [0.1, 0.15) is 5.52 Å². The Morgan fingerprint density at radius 1 is 1.56 bits per heavy atom. The van der Waals surface area contributed by atoms with Gasteiger partial charge in [0.25, 0.3) is 6.01 Å². The molecule has 1 heterocycles. The number of nitrogen functional groups attached to an aromatic ring is 1. The minimum Gasteiger partial charge on any atom is -0.423 e. The van der Waals surface area contributed by atoms with Crippen molar-refractivity contribution >= 4 is 22.8 Å². The number of aromatic nitrogens is 1. The molecule has 0 saturated carbocycles. The van der Waals surface area contributed by atoms with Crippen molar-refractivity contribution in [2.24, 2.45) is 0 Å². The Morgan fingerprint density at radius 3 is 3.12 bits per heavy atom. The van der Waals surface area contributed by atoms with Crippen LogP contribution in [-0.4, -0.2) is 22.7 Å². The first-order chi connectivity index (χ1) is 7.65. The molecule has 0 amide bonds. The van der Waals surface area contributed by atoms with E-state index in [1.807, 2.05) is 6.07 Å². The number of nitrogens with one attached hydrogen (secondary N) is 1. The number of fused-ring (bicyclic) bond motifs is 1. The Balaban J connectivity index is 2.08. The smallest absolute Gasteiger partial charge is 0.295 e. The summed E-state index contributed by atoms with van der Waals surface area (Å²) in [6.07, 6.45) is 0.327. The number of aliphatic hydroxyl groups excluding tert-OH is 1. The van der Waals surface area contributed by atoms with Gasteiger partial charge in [0.2, 0.25) is 0 Å². The first-order valence-corrected chi connectivity index (χ1v) is 5.23. The summed E-state index contributed by atoms with van der Waals surface area (Å²) in [6.45, 7) is 2.37. The predicted molar refractivity (Wildman–Crippen MR) is 63.2 cm³/mol. The summed E-state index contributed by atoms with van der Waals surface area (Å²) < 4.78 is 5.45. The number of anilines is 2. The number of aliphatic hydroxyl groups is 1. The molecule has 1 aromatic carbocycles. The number of oxazole rings is 1.